The highest BCUT2D eigenvalue weighted by atomic mass is 16.5. The molecule has 0 saturated carbocycles. The third-order valence-electron chi connectivity index (χ3n) is 4.06. The maximum absolute atomic E-state index is 12.0. The van der Waals surface area contributed by atoms with Crippen molar-refractivity contribution in [3.63, 3.8) is 0 Å². The summed E-state index contributed by atoms with van der Waals surface area (Å²) in [5.41, 5.74) is 0.714. The lowest BCUT2D eigenvalue weighted by Gasteiger charge is -2.32. The van der Waals surface area contributed by atoms with Crippen molar-refractivity contribution in [2.24, 2.45) is 0 Å². The number of aromatic nitrogens is 3. The van der Waals surface area contributed by atoms with E-state index in [0.717, 1.165) is 31.4 Å². The van der Waals surface area contributed by atoms with E-state index in [4.69, 9.17) is 9.15 Å². The molecule has 1 saturated heterocycles. The predicted molar refractivity (Wildman–Crippen MR) is 81.6 cm³/mol. The first-order valence-electron chi connectivity index (χ1n) is 7.72. The molecule has 1 aliphatic heterocycles. The van der Waals surface area contributed by atoms with Crippen LogP contribution in [0.3, 0.4) is 0 Å². The number of aryl methyl sites for hydroxylation is 1. The summed E-state index contributed by atoms with van der Waals surface area (Å²) in [6.07, 6.45) is 7.83. The summed E-state index contributed by atoms with van der Waals surface area (Å²) in [6, 6.07) is 0. The minimum absolute atomic E-state index is 0.275. The van der Waals surface area contributed by atoms with Crippen LogP contribution in [0, 0.1) is 6.92 Å². The van der Waals surface area contributed by atoms with Gasteiger partial charge in [-0.25, -0.2) is 15.0 Å². The summed E-state index contributed by atoms with van der Waals surface area (Å²) < 4.78 is 10.9. The zero-order valence-corrected chi connectivity index (χ0v) is 13.3. The fraction of sp³-hybridized carbons (Fsp3) is 0.500. The number of nitrogens with one attached hydrogen (secondary N) is 1. The van der Waals surface area contributed by atoms with Gasteiger partial charge in [-0.3, -0.25) is 4.79 Å². The SMILES string of the molecule is Cc1ocnc1C(=O)NCc1cnc([C@@]2(C)CCCCO2)nc1. The summed E-state index contributed by atoms with van der Waals surface area (Å²) in [4.78, 5) is 24.7. The van der Waals surface area contributed by atoms with Crippen LogP contribution in [0.2, 0.25) is 0 Å². The highest BCUT2D eigenvalue weighted by Crippen LogP contribution is 2.32. The van der Waals surface area contributed by atoms with E-state index in [1.54, 1.807) is 19.3 Å². The Morgan fingerprint density at radius 3 is 2.70 bits per heavy atom. The molecule has 1 atom stereocenters. The smallest absolute Gasteiger partial charge is 0.273 e. The number of ether oxygens (including phenoxy) is 1. The van der Waals surface area contributed by atoms with E-state index in [0.29, 0.717) is 23.8 Å². The maximum Gasteiger partial charge on any atom is 0.273 e. The second-order valence-electron chi connectivity index (χ2n) is 5.89. The number of carbonyl (C=O) groups excluding carboxylic acids is 1. The molecular formula is C16H20N4O3. The van der Waals surface area contributed by atoms with Crippen molar-refractivity contribution < 1.29 is 13.9 Å². The number of amides is 1. The van der Waals surface area contributed by atoms with Gasteiger partial charge in [-0.1, -0.05) is 0 Å². The minimum Gasteiger partial charge on any atom is -0.448 e. The quantitative estimate of drug-likeness (QED) is 0.929. The molecule has 122 valence electrons. The van der Waals surface area contributed by atoms with Crippen LogP contribution in [0.5, 0.6) is 0 Å². The molecule has 0 aromatic carbocycles. The number of hydrogen-bond donors (Lipinski definition) is 1. The molecule has 1 amide bonds. The zero-order chi connectivity index (χ0) is 16.3. The second-order valence-corrected chi connectivity index (χ2v) is 5.89. The molecule has 2 aromatic heterocycles. The average molecular weight is 316 g/mol. The van der Waals surface area contributed by atoms with Crippen LogP contribution in [-0.2, 0) is 16.9 Å². The van der Waals surface area contributed by atoms with Gasteiger partial charge in [-0.15, -0.1) is 0 Å². The largest absolute Gasteiger partial charge is 0.448 e. The van der Waals surface area contributed by atoms with E-state index >= 15 is 0 Å². The Kier molecular flexibility index (Phi) is 4.38. The van der Waals surface area contributed by atoms with Crippen molar-refractivity contribution in [1.82, 2.24) is 20.3 Å². The normalized spacial score (nSPS) is 21.1. The van der Waals surface area contributed by atoms with Crippen molar-refractivity contribution in [3.8, 4) is 0 Å². The van der Waals surface area contributed by atoms with Crippen molar-refractivity contribution in [1.29, 1.82) is 0 Å². The van der Waals surface area contributed by atoms with Crippen LogP contribution in [0.25, 0.3) is 0 Å². The van der Waals surface area contributed by atoms with Crippen molar-refractivity contribution in [2.75, 3.05) is 6.61 Å². The third kappa shape index (κ3) is 3.39. The number of nitrogens with zero attached hydrogens (tertiary/aromatic N) is 3. The average Bonchev–Trinajstić information content (AvgIpc) is 3.00. The van der Waals surface area contributed by atoms with E-state index < -0.39 is 5.60 Å². The zero-order valence-electron chi connectivity index (χ0n) is 13.3. The van der Waals surface area contributed by atoms with Gasteiger partial charge in [-0.05, 0) is 33.1 Å². The van der Waals surface area contributed by atoms with Crippen LogP contribution >= 0.6 is 0 Å². The molecule has 0 aliphatic carbocycles. The third-order valence-corrected chi connectivity index (χ3v) is 4.06. The van der Waals surface area contributed by atoms with Crippen LogP contribution < -0.4 is 5.32 Å². The number of hydrogen-bond acceptors (Lipinski definition) is 6. The van der Waals surface area contributed by atoms with Crippen LogP contribution in [0.1, 0.15) is 53.8 Å². The van der Waals surface area contributed by atoms with Crippen LogP contribution in [0.4, 0.5) is 0 Å². The molecular weight excluding hydrogens is 296 g/mol. The molecule has 2 aromatic rings. The van der Waals surface area contributed by atoms with Crippen molar-refractivity contribution >= 4 is 5.91 Å². The fourth-order valence-corrected chi connectivity index (χ4v) is 2.62. The maximum atomic E-state index is 12.0. The summed E-state index contributed by atoms with van der Waals surface area (Å²) >= 11 is 0. The Morgan fingerprint density at radius 1 is 1.30 bits per heavy atom. The predicted octanol–water partition coefficient (Wildman–Crippen LogP) is 2.12. The molecule has 1 aliphatic rings. The van der Waals surface area contributed by atoms with Gasteiger partial charge in [0.2, 0.25) is 0 Å². The van der Waals surface area contributed by atoms with Gasteiger partial charge in [0.1, 0.15) is 11.4 Å². The highest BCUT2D eigenvalue weighted by Gasteiger charge is 2.32. The molecule has 23 heavy (non-hydrogen) atoms. The monoisotopic (exact) mass is 316 g/mol. The topological polar surface area (TPSA) is 90.1 Å². The lowest BCUT2D eigenvalue weighted by atomic mass is 9.95. The Hall–Kier alpha value is -2.28. The van der Waals surface area contributed by atoms with Crippen molar-refractivity contribution in [2.45, 2.75) is 45.3 Å². The number of carbonyl (C=O) groups is 1. The van der Waals surface area contributed by atoms with E-state index in [9.17, 15) is 4.79 Å². The van der Waals surface area contributed by atoms with Gasteiger partial charge in [0.25, 0.3) is 5.91 Å². The molecule has 3 rings (SSSR count). The van der Waals surface area contributed by atoms with Gasteiger partial charge in [-0.2, -0.15) is 0 Å². The number of oxazole rings is 1. The molecule has 1 fully saturated rings. The van der Waals surface area contributed by atoms with E-state index in [1.165, 1.54) is 6.39 Å². The standard InChI is InChI=1S/C16H20N4O3/c1-11-13(20-10-22-11)14(21)17-7-12-8-18-15(19-9-12)16(2)5-3-4-6-23-16/h8-10H,3-7H2,1-2H3,(H,17,21)/t16-/m1/s1. The fourth-order valence-electron chi connectivity index (χ4n) is 2.62. The molecule has 7 heteroatoms. The lowest BCUT2D eigenvalue weighted by molar-refractivity contribution is -0.0760. The summed E-state index contributed by atoms with van der Waals surface area (Å²) in [6.45, 7) is 4.80. The van der Waals surface area contributed by atoms with Crippen LogP contribution in [0.15, 0.2) is 23.2 Å². The lowest BCUT2D eigenvalue weighted by Crippen LogP contribution is -2.32. The molecule has 0 spiro atoms. The molecule has 7 nitrogen and oxygen atoms in total. The summed E-state index contributed by atoms with van der Waals surface area (Å²) in [5.74, 6) is 0.916. The Morgan fingerprint density at radius 2 is 2.09 bits per heavy atom. The molecule has 3 heterocycles. The van der Waals surface area contributed by atoms with Gasteiger partial charge >= 0.3 is 0 Å². The highest BCUT2D eigenvalue weighted by molar-refractivity contribution is 5.92. The first kappa shape index (κ1) is 15.6. The molecule has 0 bridgehead atoms. The molecule has 0 unspecified atom stereocenters. The van der Waals surface area contributed by atoms with E-state index in [2.05, 4.69) is 20.3 Å². The summed E-state index contributed by atoms with van der Waals surface area (Å²) in [7, 11) is 0. The second kappa shape index (κ2) is 6.45. The summed E-state index contributed by atoms with van der Waals surface area (Å²) in [5, 5.41) is 2.78. The Bertz CT molecular complexity index is 675. The first-order valence-corrected chi connectivity index (χ1v) is 7.72. The van der Waals surface area contributed by atoms with Crippen molar-refractivity contribution in [3.05, 3.63) is 41.6 Å². The van der Waals surface area contributed by atoms with E-state index in [-0.39, 0.29) is 5.91 Å². The van der Waals surface area contributed by atoms with Gasteiger partial charge < -0.3 is 14.5 Å². The van der Waals surface area contributed by atoms with Gasteiger partial charge in [0, 0.05) is 31.1 Å². The van der Waals surface area contributed by atoms with Gasteiger partial charge in [0.15, 0.2) is 17.9 Å². The minimum atomic E-state index is -0.405. The Balaban J connectivity index is 1.61. The van der Waals surface area contributed by atoms with Gasteiger partial charge in [0.05, 0.1) is 0 Å². The first-order chi connectivity index (χ1) is 11.1. The molecule has 1 N–H and O–H groups in total. The van der Waals surface area contributed by atoms with Crippen LogP contribution in [-0.4, -0.2) is 27.5 Å². The molecule has 0 radical (unpaired) electrons. The number of rotatable bonds is 4. The Labute approximate surface area is 134 Å². The van der Waals surface area contributed by atoms with E-state index in [1.807, 2.05) is 6.92 Å².